The standard InChI is InChI=1S/C14H18N2O3/c17-13(18)7-4-8-15-14(19)16-12-9-11(12)10-5-2-1-3-6-10/h1-3,5-6,11-12H,4,7-9H2,(H,17,18)(H2,15,16,19)/t11-,12+/m0/s1. The first-order valence-electron chi connectivity index (χ1n) is 6.48. The minimum Gasteiger partial charge on any atom is -0.481 e. The van der Waals surface area contributed by atoms with Gasteiger partial charge in [0, 0.05) is 24.9 Å². The molecule has 1 aliphatic carbocycles. The molecule has 3 N–H and O–H groups in total. The summed E-state index contributed by atoms with van der Waals surface area (Å²) in [6.45, 7) is 0.390. The van der Waals surface area contributed by atoms with E-state index < -0.39 is 5.97 Å². The lowest BCUT2D eigenvalue weighted by atomic mass is 10.1. The minimum absolute atomic E-state index is 0.0797. The van der Waals surface area contributed by atoms with E-state index in [0.29, 0.717) is 18.9 Å². The third-order valence-electron chi connectivity index (χ3n) is 3.19. The summed E-state index contributed by atoms with van der Waals surface area (Å²) in [5, 5.41) is 14.0. The third-order valence-corrected chi connectivity index (χ3v) is 3.19. The molecule has 2 atom stereocenters. The molecule has 1 aromatic carbocycles. The monoisotopic (exact) mass is 262 g/mol. The Morgan fingerprint density at radius 3 is 2.68 bits per heavy atom. The number of carbonyl (C=O) groups is 2. The number of hydrogen-bond donors (Lipinski definition) is 3. The van der Waals surface area contributed by atoms with Crippen molar-refractivity contribution in [1.29, 1.82) is 0 Å². The fourth-order valence-corrected chi connectivity index (χ4v) is 2.08. The van der Waals surface area contributed by atoms with E-state index in [4.69, 9.17) is 5.11 Å². The van der Waals surface area contributed by atoms with Crippen LogP contribution >= 0.6 is 0 Å². The van der Waals surface area contributed by atoms with Crippen molar-refractivity contribution in [2.45, 2.75) is 31.2 Å². The maximum absolute atomic E-state index is 11.5. The van der Waals surface area contributed by atoms with Crippen LogP contribution in [0.1, 0.15) is 30.7 Å². The molecular formula is C14H18N2O3. The second-order valence-electron chi connectivity index (χ2n) is 4.76. The SMILES string of the molecule is O=C(O)CCCNC(=O)N[C@@H]1C[C@H]1c1ccccc1. The van der Waals surface area contributed by atoms with Gasteiger partial charge in [-0.25, -0.2) is 4.79 Å². The van der Waals surface area contributed by atoms with Gasteiger partial charge in [0.15, 0.2) is 0 Å². The highest BCUT2D eigenvalue weighted by Crippen LogP contribution is 2.40. The van der Waals surface area contributed by atoms with E-state index in [1.807, 2.05) is 18.2 Å². The zero-order chi connectivity index (χ0) is 13.7. The average molecular weight is 262 g/mol. The molecule has 0 radical (unpaired) electrons. The second kappa shape index (κ2) is 6.22. The largest absolute Gasteiger partial charge is 0.481 e. The molecule has 1 saturated carbocycles. The van der Waals surface area contributed by atoms with Gasteiger partial charge in [0.2, 0.25) is 0 Å². The van der Waals surface area contributed by atoms with Crippen molar-refractivity contribution < 1.29 is 14.7 Å². The van der Waals surface area contributed by atoms with Crippen molar-refractivity contribution in [2.24, 2.45) is 0 Å². The summed E-state index contributed by atoms with van der Waals surface area (Å²) in [4.78, 5) is 21.8. The highest BCUT2D eigenvalue weighted by atomic mass is 16.4. The summed E-state index contributed by atoms with van der Waals surface area (Å²) >= 11 is 0. The zero-order valence-electron chi connectivity index (χ0n) is 10.6. The molecule has 0 saturated heterocycles. The summed E-state index contributed by atoms with van der Waals surface area (Å²) in [5.74, 6) is -0.431. The molecule has 0 bridgehead atoms. The van der Waals surface area contributed by atoms with Gasteiger partial charge in [-0.2, -0.15) is 0 Å². The Bertz CT molecular complexity index is 447. The first-order chi connectivity index (χ1) is 9.16. The van der Waals surface area contributed by atoms with Crippen LogP contribution in [0.3, 0.4) is 0 Å². The Hall–Kier alpha value is -2.04. The van der Waals surface area contributed by atoms with E-state index in [-0.39, 0.29) is 18.5 Å². The van der Waals surface area contributed by atoms with Gasteiger partial charge in [-0.15, -0.1) is 0 Å². The fourth-order valence-electron chi connectivity index (χ4n) is 2.08. The van der Waals surface area contributed by atoms with E-state index in [1.165, 1.54) is 5.56 Å². The van der Waals surface area contributed by atoms with E-state index >= 15 is 0 Å². The van der Waals surface area contributed by atoms with Crippen LogP contribution in [0.15, 0.2) is 30.3 Å². The summed E-state index contributed by atoms with van der Waals surface area (Å²) in [7, 11) is 0. The maximum atomic E-state index is 11.5. The Morgan fingerprint density at radius 2 is 2.00 bits per heavy atom. The molecule has 5 nitrogen and oxygen atoms in total. The molecule has 5 heteroatoms. The summed E-state index contributed by atoms with van der Waals surface area (Å²) in [6.07, 6.45) is 1.50. The molecule has 2 rings (SSSR count). The number of urea groups is 1. The smallest absolute Gasteiger partial charge is 0.315 e. The predicted octanol–water partition coefficient (Wildman–Crippen LogP) is 1.71. The molecule has 1 fully saturated rings. The van der Waals surface area contributed by atoms with E-state index in [9.17, 15) is 9.59 Å². The van der Waals surface area contributed by atoms with Gasteiger partial charge < -0.3 is 15.7 Å². The Balaban J connectivity index is 1.64. The fraction of sp³-hybridized carbons (Fsp3) is 0.429. The number of aliphatic carboxylic acids is 1. The Kier molecular flexibility index (Phi) is 4.39. The van der Waals surface area contributed by atoms with Gasteiger partial charge >= 0.3 is 12.0 Å². The number of carbonyl (C=O) groups excluding carboxylic acids is 1. The van der Waals surface area contributed by atoms with Gasteiger partial charge in [0.1, 0.15) is 0 Å². The molecule has 1 aromatic rings. The number of nitrogens with one attached hydrogen (secondary N) is 2. The highest BCUT2D eigenvalue weighted by Gasteiger charge is 2.39. The Labute approximate surface area is 112 Å². The zero-order valence-corrected chi connectivity index (χ0v) is 10.6. The van der Waals surface area contributed by atoms with Crippen molar-refractivity contribution in [2.75, 3.05) is 6.54 Å². The van der Waals surface area contributed by atoms with Crippen LogP contribution < -0.4 is 10.6 Å². The molecule has 102 valence electrons. The Morgan fingerprint density at radius 1 is 1.26 bits per heavy atom. The van der Waals surface area contributed by atoms with E-state index in [2.05, 4.69) is 22.8 Å². The average Bonchev–Trinajstić information content (AvgIpc) is 3.15. The van der Waals surface area contributed by atoms with Crippen LogP contribution in [-0.2, 0) is 4.79 Å². The maximum Gasteiger partial charge on any atom is 0.315 e. The topological polar surface area (TPSA) is 78.4 Å². The first-order valence-corrected chi connectivity index (χ1v) is 6.48. The number of amides is 2. The van der Waals surface area contributed by atoms with Crippen LogP contribution in [0.25, 0.3) is 0 Å². The molecule has 0 unspecified atom stereocenters. The number of carboxylic acid groups (broad SMARTS) is 1. The van der Waals surface area contributed by atoms with E-state index in [1.54, 1.807) is 0 Å². The molecule has 2 amide bonds. The van der Waals surface area contributed by atoms with Crippen molar-refractivity contribution in [3.05, 3.63) is 35.9 Å². The van der Waals surface area contributed by atoms with Gasteiger partial charge in [-0.1, -0.05) is 30.3 Å². The van der Waals surface area contributed by atoms with E-state index in [0.717, 1.165) is 6.42 Å². The van der Waals surface area contributed by atoms with Crippen molar-refractivity contribution >= 4 is 12.0 Å². The molecular weight excluding hydrogens is 244 g/mol. The van der Waals surface area contributed by atoms with Crippen molar-refractivity contribution in [3.63, 3.8) is 0 Å². The third kappa shape index (κ3) is 4.28. The summed E-state index contributed by atoms with van der Waals surface area (Å²) < 4.78 is 0. The van der Waals surface area contributed by atoms with Gasteiger partial charge in [-0.3, -0.25) is 4.79 Å². The molecule has 0 aromatic heterocycles. The number of hydrogen-bond acceptors (Lipinski definition) is 2. The van der Waals surface area contributed by atoms with Crippen LogP contribution in [0, 0.1) is 0 Å². The number of benzene rings is 1. The van der Waals surface area contributed by atoms with Gasteiger partial charge in [-0.05, 0) is 18.4 Å². The predicted molar refractivity (Wildman–Crippen MR) is 71.0 cm³/mol. The van der Waals surface area contributed by atoms with Gasteiger partial charge in [0.05, 0.1) is 0 Å². The minimum atomic E-state index is -0.839. The van der Waals surface area contributed by atoms with Crippen molar-refractivity contribution in [1.82, 2.24) is 10.6 Å². The van der Waals surface area contributed by atoms with Crippen LogP contribution in [0.2, 0.25) is 0 Å². The lowest BCUT2D eigenvalue weighted by Crippen LogP contribution is -2.37. The highest BCUT2D eigenvalue weighted by molar-refractivity contribution is 5.75. The molecule has 0 heterocycles. The molecule has 1 aliphatic rings. The summed E-state index contributed by atoms with van der Waals surface area (Å²) in [5.41, 5.74) is 1.25. The first kappa shape index (κ1) is 13.4. The number of carboxylic acids is 1. The van der Waals surface area contributed by atoms with Gasteiger partial charge in [0.25, 0.3) is 0 Å². The van der Waals surface area contributed by atoms with Crippen LogP contribution in [0.5, 0.6) is 0 Å². The van der Waals surface area contributed by atoms with Crippen LogP contribution in [-0.4, -0.2) is 29.7 Å². The normalized spacial score (nSPS) is 20.6. The van der Waals surface area contributed by atoms with Crippen LogP contribution in [0.4, 0.5) is 4.79 Å². The summed E-state index contributed by atoms with van der Waals surface area (Å²) in [6, 6.07) is 10.1. The molecule has 0 aliphatic heterocycles. The lowest BCUT2D eigenvalue weighted by molar-refractivity contribution is -0.137. The number of rotatable bonds is 6. The second-order valence-corrected chi connectivity index (χ2v) is 4.76. The quantitative estimate of drug-likeness (QED) is 0.683. The molecule has 0 spiro atoms. The van der Waals surface area contributed by atoms with Crippen molar-refractivity contribution in [3.8, 4) is 0 Å². The molecule has 19 heavy (non-hydrogen) atoms. The lowest BCUT2D eigenvalue weighted by Gasteiger charge is -2.06.